The Morgan fingerprint density at radius 3 is 2.52 bits per heavy atom. The minimum Gasteiger partial charge on any atom is -0.507 e. The largest absolute Gasteiger partial charge is 0.507 e. The van der Waals surface area contributed by atoms with Crippen molar-refractivity contribution in [1.29, 1.82) is 0 Å². The van der Waals surface area contributed by atoms with E-state index in [1.165, 1.54) is 0 Å². The van der Waals surface area contributed by atoms with Crippen LogP contribution in [0.5, 0.6) is 11.5 Å². The molecule has 0 atom stereocenters. The van der Waals surface area contributed by atoms with Gasteiger partial charge < -0.3 is 14.4 Å². The van der Waals surface area contributed by atoms with Gasteiger partial charge in [-0.15, -0.1) is 0 Å². The first kappa shape index (κ1) is 13.6. The number of fused-ring (bicyclic) bond motifs is 1. The molecule has 0 radical (unpaired) electrons. The molecule has 0 bridgehead atoms. The van der Waals surface area contributed by atoms with Gasteiger partial charge in [0, 0.05) is 11.4 Å². The third-order valence-electron chi connectivity index (χ3n) is 3.59. The summed E-state index contributed by atoms with van der Waals surface area (Å²) >= 11 is 0. The Morgan fingerprint density at radius 1 is 1.05 bits per heavy atom. The fourth-order valence-corrected chi connectivity index (χ4v) is 2.69. The van der Waals surface area contributed by atoms with Gasteiger partial charge in [0.1, 0.15) is 18.1 Å². The van der Waals surface area contributed by atoms with Gasteiger partial charge in [-0.2, -0.15) is 0 Å². The van der Waals surface area contributed by atoms with Crippen LogP contribution in [0.1, 0.15) is 25.6 Å². The van der Waals surface area contributed by atoms with E-state index >= 15 is 0 Å². The standard InChI is InChI=1S/C18H19NO2/c1-13(2)19-14(12-21-15-7-4-3-5-8-15)11-16-17(19)9-6-10-18(16)20/h3-11,13,20H,12H2,1-2H3. The van der Waals surface area contributed by atoms with Crippen molar-refractivity contribution in [3.05, 3.63) is 60.3 Å². The molecule has 3 aromatic rings. The molecule has 1 heterocycles. The minimum atomic E-state index is 0.304. The van der Waals surface area contributed by atoms with Crippen LogP contribution < -0.4 is 4.74 Å². The molecule has 108 valence electrons. The average molecular weight is 281 g/mol. The Balaban J connectivity index is 1.98. The summed E-state index contributed by atoms with van der Waals surface area (Å²) in [5, 5.41) is 10.9. The van der Waals surface area contributed by atoms with Crippen molar-refractivity contribution in [3.63, 3.8) is 0 Å². The quantitative estimate of drug-likeness (QED) is 0.763. The van der Waals surface area contributed by atoms with E-state index in [2.05, 4.69) is 18.4 Å². The second kappa shape index (κ2) is 5.52. The molecule has 0 fully saturated rings. The predicted octanol–water partition coefficient (Wildman–Crippen LogP) is 4.51. The molecule has 0 saturated heterocycles. The summed E-state index contributed by atoms with van der Waals surface area (Å²) in [5.41, 5.74) is 2.10. The normalized spacial score (nSPS) is 11.2. The Bertz CT molecular complexity index is 745. The molecule has 0 unspecified atom stereocenters. The Hall–Kier alpha value is -2.42. The van der Waals surface area contributed by atoms with Gasteiger partial charge in [0.05, 0.1) is 11.2 Å². The molecular formula is C18H19NO2. The molecule has 0 aliphatic carbocycles. The average Bonchev–Trinajstić information content (AvgIpc) is 2.86. The van der Waals surface area contributed by atoms with Crippen molar-refractivity contribution >= 4 is 10.9 Å². The Morgan fingerprint density at radius 2 is 1.81 bits per heavy atom. The van der Waals surface area contributed by atoms with Crippen molar-refractivity contribution in [2.75, 3.05) is 0 Å². The maximum atomic E-state index is 10.0. The molecule has 3 heteroatoms. The SMILES string of the molecule is CC(C)n1c(COc2ccccc2)cc2c(O)cccc21. The molecule has 0 saturated carbocycles. The van der Waals surface area contributed by atoms with Crippen molar-refractivity contribution < 1.29 is 9.84 Å². The molecule has 3 rings (SSSR count). The smallest absolute Gasteiger partial charge is 0.128 e. The van der Waals surface area contributed by atoms with Gasteiger partial charge in [-0.25, -0.2) is 0 Å². The summed E-state index contributed by atoms with van der Waals surface area (Å²) in [7, 11) is 0. The van der Waals surface area contributed by atoms with Crippen molar-refractivity contribution in [1.82, 2.24) is 4.57 Å². The molecule has 21 heavy (non-hydrogen) atoms. The van der Waals surface area contributed by atoms with Crippen LogP contribution in [0.3, 0.4) is 0 Å². The minimum absolute atomic E-state index is 0.304. The monoisotopic (exact) mass is 281 g/mol. The Kier molecular flexibility index (Phi) is 3.57. The van der Waals surface area contributed by atoms with E-state index in [9.17, 15) is 5.11 Å². The summed E-state index contributed by atoms with van der Waals surface area (Å²) < 4.78 is 8.06. The zero-order valence-corrected chi connectivity index (χ0v) is 12.3. The third kappa shape index (κ3) is 2.59. The molecule has 3 nitrogen and oxygen atoms in total. The van der Waals surface area contributed by atoms with Crippen molar-refractivity contribution in [2.24, 2.45) is 0 Å². The van der Waals surface area contributed by atoms with E-state index in [1.54, 1.807) is 6.07 Å². The molecule has 1 N–H and O–H groups in total. The van der Waals surface area contributed by atoms with Gasteiger partial charge in [-0.05, 0) is 44.2 Å². The third-order valence-corrected chi connectivity index (χ3v) is 3.59. The number of aromatic hydroxyl groups is 1. The number of nitrogens with zero attached hydrogens (tertiary/aromatic N) is 1. The first-order valence-electron chi connectivity index (χ1n) is 7.16. The first-order valence-corrected chi connectivity index (χ1v) is 7.16. The number of hydrogen-bond acceptors (Lipinski definition) is 2. The molecule has 0 aliphatic heterocycles. The van der Waals surface area contributed by atoms with Crippen LogP contribution in [0.15, 0.2) is 54.6 Å². The zero-order chi connectivity index (χ0) is 14.8. The second-order valence-corrected chi connectivity index (χ2v) is 5.41. The first-order chi connectivity index (χ1) is 10.2. The molecule has 0 spiro atoms. The molecule has 1 aromatic heterocycles. The fraction of sp³-hybridized carbons (Fsp3) is 0.222. The lowest BCUT2D eigenvalue weighted by Crippen LogP contribution is -2.08. The van der Waals surface area contributed by atoms with E-state index in [0.717, 1.165) is 22.3 Å². The number of hydrogen-bond donors (Lipinski definition) is 1. The number of ether oxygens (including phenoxy) is 1. The zero-order valence-electron chi connectivity index (χ0n) is 12.3. The maximum absolute atomic E-state index is 10.0. The second-order valence-electron chi connectivity index (χ2n) is 5.41. The lowest BCUT2D eigenvalue weighted by atomic mass is 10.2. The molecule has 0 amide bonds. The van der Waals surface area contributed by atoms with Crippen LogP contribution in [0.25, 0.3) is 10.9 Å². The van der Waals surface area contributed by atoms with E-state index in [4.69, 9.17) is 4.74 Å². The number of phenols is 1. The summed E-state index contributed by atoms with van der Waals surface area (Å²) in [6.07, 6.45) is 0. The number of para-hydroxylation sites is 1. The van der Waals surface area contributed by atoms with Gasteiger partial charge >= 0.3 is 0 Å². The van der Waals surface area contributed by atoms with Crippen molar-refractivity contribution in [2.45, 2.75) is 26.5 Å². The van der Waals surface area contributed by atoms with E-state index in [-0.39, 0.29) is 0 Å². The van der Waals surface area contributed by atoms with Gasteiger partial charge in [-0.1, -0.05) is 24.3 Å². The molecule has 0 aliphatic rings. The van der Waals surface area contributed by atoms with Gasteiger partial charge in [-0.3, -0.25) is 0 Å². The van der Waals surface area contributed by atoms with Gasteiger partial charge in [0.2, 0.25) is 0 Å². The predicted molar refractivity (Wildman–Crippen MR) is 84.8 cm³/mol. The highest BCUT2D eigenvalue weighted by molar-refractivity contribution is 5.87. The number of benzene rings is 2. The Labute approximate surface area is 124 Å². The summed E-state index contributed by atoms with van der Waals surface area (Å²) in [6.45, 7) is 4.75. The van der Waals surface area contributed by atoms with Crippen molar-refractivity contribution in [3.8, 4) is 11.5 Å². The lowest BCUT2D eigenvalue weighted by molar-refractivity contribution is 0.293. The summed E-state index contributed by atoms with van der Waals surface area (Å²) in [4.78, 5) is 0. The topological polar surface area (TPSA) is 34.4 Å². The highest BCUT2D eigenvalue weighted by atomic mass is 16.5. The van der Waals surface area contributed by atoms with Crippen LogP contribution >= 0.6 is 0 Å². The van der Waals surface area contributed by atoms with Crippen LogP contribution in [-0.2, 0) is 6.61 Å². The maximum Gasteiger partial charge on any atom is 0.128 e. The van der Waals surface area contributed by atoms with E-state index in [0.29, 0.717) is 18.4 Å². The van der Waals surface area contributed by atoms with Crippen LogP contribution in [0.2, 0.25) is 0 Å². The van der Waals surface area contributed by atoms with Crippen LogP contribution in [0, 0.1) is 0 Å². The molecule has 2 aromatic carbocycles. The highest BCUT2D eigenvalue weighted by Crippen LogP contribution is 2.30. The van der Waals surface area contributed by atoms with Crippen LogP contribution in [-0.4, -0.2) is 9.67 Å². The number of aromatic nitrogens is 1. The number of phenolic OH excluding ortho intramolecular Hbond substituents is 1. The summed E-state index contributed by atoms with van der Waals surface area (Å²) in [6, 6.07) is 17.7. The van der Waals surface area contributed by atoms with Crippen LogP contribution in [0.4, 0.5) is 0 Å². The van der Waals surface area contributed by atoms with E-state index in [1.807, 2.05) is 48.5 Å². The number of rotatable bonds is 4. The fourth-order valence-electron chi connectivity index (χ4n) is 2.69. The molecular weight excluding hydrogens is 262 g/mol. The lowest BCUT2D eigenvalue weighted by Gasteiger charge is -2.15. The summed E-state index contributed by atoms with van der Waals surface area (Å²) in [5.74, 6) is 1.16. The van der Waals surface area contributed by atoms with E-state index < -0.39 is 0 Å². The highest BCUT2D eigenvalue weighted by Gasteiger charge is 2.14. The van der Waals surface area contributed by atoms with Gasteiger partial charge in [0.25, 0.3) is 0 Å². The van der Waals surface area contributed by atoms with Gasteiger partial charge in [0.15, 0.2) is 0 Å².